The topological polar surface area (TPSA) is 15.3 Å². The number of hydrogen-bond donors (Lipinski definition) is 1. The van der Waals surface area contributed by atoms with E-state index in [1.165, 1.54) is 17.0 Å². The van der Waals surface area contributed by atoms with Crippen LogP contribution < -0.4 is 5.32 Å². The number of benzene rings is 1. The Kier molecular flexibility index (Phi) is 6.49. The van der Waals surface area contributed by atoms with Crippen molar-refractivity contribution in [1.82, 2.24) is 10.2 Å². The predicted octanol–water partition coefficient (Wildman–Crippen LogP) is 3.36. The van der Waals surface area contributed by atoms with Crippen LogP contribution in [0.15, 0.2) is 18.2 Å². The summed E-state index contributed by atoms with van der Waals surface area (Å²) in [4.78, 5) is 1.28. The standard InChI is InChI=1S/C12H13F4IN2.ClH/c13-10-2-1-8(17)7-9(10)11(12(14,15)16)19-5-3-18-4-6-19;/h1-2,7,11,18H,3-6H2;1H/t11-;/m0./s1. The molecule has 1 atom stereocenters. The van der Waals surface area contributed by atoms with Crippen molar-refractivity contribution in [2.75, 3.05) is 26.2 Å². The van der Waals surface area contributed by atoms with Gasteiger partial charge in [0.2, 0.25) is 0 Å². The van der Waals surface area contributed by atoms with E-state index in [1.54, 1.807) is 0 Å². The fourth-order valence-electron chi connectivity index (χ4n) is 2.24. The van der Waals surface area contributed by atoms with Crippen LogP contribution in [-0.2, 0) is 0 Å². The maximum Gasteiger partial charge on any atom is 0.408 e. The molecule has 0 unspecified atom stereocenters. The van der Waals surface area contributed by atoms with Crippen LogP contribution in [0.3, 0.4) is 0 Å². The fraction of sp³-hybridized carbons (Fsp3) is 0.500. The molecule has 2 nitrogen and oxygen atoms in total. The van der Waals surface area contributed by atoms with Crippen molar-refractivity contribution in [3.63, 3.8) is 0 Å². The van der Waals surface area contributed by atoms with Gasteiger partial charge in [-0.3, -0.25) is 4.90 Å². The highest BCUT2D eigenvalue weighted by Crippen LogP contribution is 2.39. The minimum atomic E-state index is -4.48. The Bertz CT molecular complexity index is 450. The maximum absolute atomic E-state index is 13.8. The third-order valence-corrected chi connectivity index (χ3v) is 3.75. The van der Waals surface area contributed by atoms with Gasteiger partial charge in [0, 0.05) is 35.3 Å². The van der Waals surface area contributed by atoms with Gasteiger partial charge in [0.15, 0.2) is 0 Å². The molecule has 1 fully saturated rings. The van der Waals surface area contributed by atoms with E-state index in [2.05, 4.69) is 5.32 Å². The summed E-state index contributed by atoms with van der Waals surface area (Å²) in [5.41, 5.74) is -0.290. The molecule has 0 amide bonds. The van der Waals surface area contributed by atoms with E-state index in [0.29, 0.717) is 16.7 Å². The second-order valence-corrected chi connectivity index (χ2v) is 5.64. The van der Waals surface area contributed by atoms with E-state index in [0.717, 1.165) is 6.07 Å². The number of alkyl halides is 3. The Morgan fingerprint density at radius 1 is 1.20 bits per heavy atom. The highest BCUT2D eigenvalue weighted by molar-refractivity contribution is 14.1. The molecule has 0 radical (unpaired) electrons. The van der Waals surface area contributed by atoms with Gasteiger partial charge in [0.05, 0.1) is 0 Å². The largest absolute Gasteiger partial charge is 0.408 e. The molecular formula is C12H14ClF4IN2. The van der Waals surface area contributed by atoms with Crippen LogP contribution in [0.5, 0.6) is 0 Å². The molecular weight excluding hydrogens is 410 g/mol. The zero-order chi connectivity index (χ0) is 14.0. The Hall–Kier alpha value is -0.120. The van der Waals surface area contributed by atoms with E-state index in [4.69, 9.17) is 0 Å². The van der Waals surface area contributed by atoms with Gasteiger partial charge in [-0.1, -0.05) is 0 Å². The summed E-state index contributed by atoms with van der Waals surface area (Å²) in [5.74, 6) is -0.804. The summed E-state index contributed by atoms with van der Waals surface area (Å²) in [6, 6.07) is 1.96. The van der Waals surface area contributed by atoms with Crippen LogP contribution in [0.4, 0.5) is 17.6 Å². The van der Waals surface area contributed by atoms with Crippen LogP contribution >= 0.6 is 35.0 Å². The van der Waals surface area contributed by atoms with Crippen LogP contribution in [0.2, 0.25) is 0 Å². The Balaban J connectivity index is 0.00000200. The summed E-state index contributed by atoms with van der Waals surface area (Å²) >= 11 is 1.89. The molecule has 1 aliphatic rings. The van der Waals surface area contributed by atoms with Gasteiger partial charge in [-0.25, -0.2) is 4.39 Å². The van der Waals surface area contributed by atoms with Crippen molar-refractivity contribution in [2.24, 2.45) is 0 Å². The van der Waals surface area contributed by atoms with Crippen molar-refractivity contribution in [1.29, 1.82) is 0 Å². The molecule has 0 aliphatic carbocycles. The molecule has 1 N–H and O–H groups in total. The third kappa shape index (κ3) is 4.19. The average molecular weight is 425 g/mol. The molecule has 1 heterocycles. The first-order valence-corrected chi connectivity index (χ1v) is 6.94. The normalized spacial score (nSPS) is 18.4. The van der Waals surface area contributed by atoms with Gasteiger partial charge in [0.1, 0.15) is 11.9 Å². The van der Waals surface area contributed by atoms with Crippen molar-refractivity contribution in [3.05, 3.63) is 33.1 Å². The molecule has 0 aromatic heterocycles. The first-order valence-electron chi connectivity index (χ1n) is 5.86. The zero-order valence-electron chi connectivity index (χ0n) is 10.4. The number of nitrogens with zero attached hydrogens (tertiary/aromatic N) is 1. The predicted molar refractivity (Wildman–Crippen MR) is 79.6 cm³/mol. The number of hydrogen-bond acceptors (Lipinski definition) is 2. The molecule has 1 aliphatic heterocycles. The summed E-state index contributed by atoms with van der Waals surface area (Å²) in [6.07, 6.45) is -4.48. The smallest absolute Gasteiger partial charge is 0.314 e. The average Bonchev–Trinajstić information content (AvgIpc) is 2.33. The van der Waals surface area contributed by atoms with Gasteiger partial charge in [-0.2, -0.15) is 13.2 Å². The SMILES string of the molecule is Cl.Fc1ccc(I)cc1[C@H](N1CCNCC1)C(F)(F)F. The molecule has 20 heavy (non-hydrogen) atoms. The summed E-state index contributed by atoms with van der Waals surface area (Å²) < 4.78 is 54.2. The number of halogens is 6. The molecule has 0 bridgehead atoms. The van der Waals surface area contributed by atoms with Crippen molar-refractivity contribution in [2.45, 2.75) is 12.2 Å². The highest BCUT2D eigenvalue weighted by Gasteiger charge is 2.46. The van der Waals surface area contributed by atoms with E-state index >= 15 is 0 Å². The minimum Gasteiger partial charge on any atom is -0.314 e. The first-order chi connectivity index (χ1) is 8.89. The van der Waals surface area contributed by atoms with Crippen LogP contribution in [0, 0.1) is 9.39 Å². The van der Waals surface area contributed by atoms with Gasteiger partial charge >= 0.3 is 6.18 Å². The van der Waals surface area contributed by atoms with Gasteiger partial charge in [0.25, 0.3) is 0 Å². The van der Waals surface area contributed by atoms with Crippen molar-refractivity contribution in [3.8, 4) is 0 Å². The van der Waals surface area contributed by atoms with E-state index in [9.17, 15) is 17.6 Å². The number of piperazine rings is 1. The molecule has 8 heteroatoms. The fourth-order valence-corrected chi connectivity index (χ4v) is 2.76. The summed E-state index contributed by atoms with van der Waals surface area (Å²) in [6.45, 7) is 1.49. The molecule has 1 aromatic rings. The Morgan fingerprint density at radius 2 is 1.80 bits per heavy atom. The lowest BCUT2D eigenvalue weighted by Gasteiger charge is -2.36. The van der Waals surface area contributed by atoms with Crippen molar-refractivity contribution >= 4 is 35.0 Å². The summed E-state index contributed by atoms with van der Waals surface area (Å²) in [7, 11) is 0. The second kappa shape index (κ2) is 7.24. The van der Waals surface area contributed by atoms with E-state index in [-0.39, 0.29) is 31.1 Å². The second-order valence-electron chi connectivity index (χ2n) is 4.40. The lowest BCUT2D eigenvalue weighted by atomic mass is 10.0. The van der Waals surface area contributed by atoms with E-state index in [1.807, 2.05) is 22.6 Å². The molecule has 1 saturated heterocycles. The molecule has 1 aromatic carbocycles. The molecule has 2 rings (SSSR count). The minimum absolute atomic E-state index is 0. The van der Waals surface area contributed by atoms with Gasteiger partial charge in [-0.15, -0.1) is 12.4 Å². The zero-order valence-corrected chi connectivity index (χ0v) is 13.4. The van der Waals surface area contributed by atoms with Crippen molar-refractivity contribution < 1.29 is 17.6 Å². The van der Waals surface area contributed by atoms with Gasteiger partial charge < -0.3 is 5.32 Å². The van der Waals surface area contributed by atoms with E-state index < -0.39 is 18.0 Å². The first kappa shape index (κ1) is 17.9. The van der Waals surface area contributed by atoms with Crippen LogP contribution in [0.25, 0.3) is 0 Å². The number of rotatable bonds is 2. The monoisotopic (exact) mass is 424 g/mol. The summed E-state index contributed by atoms with van der Waals surface area (Å²) in [5, 5.41) is 2.99. The Labute approximate surface area is 134 Å². The molecule has 0 spiro atoms. The highest BCUT2D eigenvalue weighted by atomic mass is 127. The molecule has 114 valence electrons. The Morgan fingerprint density at radius 3 is 2.35 bits per heavy atom. The number of nitrogens with one attached hydrogen (secondary N) is 1. The maximum atomic E-state index is 13.8. The molecule has 0 saturated carbocycles. The third-order valence-electron chi connectivity index (χ3n) is 3.08. The van der Waals surface area contributed by atoms with Crippen LogP contribution in [0.1, 0.15) is 11.6 Å². The van der Waals surface area contributed by atoms with Gasteiger partial charge in [-0.05, 0) is 40.8 Å². The quantitative estimate of drug-likeness (QED) is 0.579. The lowest BCUT2D eigenvalue weighted by molar-refractivity contribution is -0.188. The van der Waals surface area contributed by atoms with Crippen LogP contribution in [-0.4, -0.2) is 37.3 Å². The lowest BCUT2D eigenvalue weighted by Crippen LogP contribution is -2.49.